The Balaban J connectivity index is 0.00000225. The van der Waals surface area contributed by atoms with Gasteiger partial charge in [0.1, 0.15) is 12.4 Å². The van der Waals surface area contributed by atoms with Crippen molar-refractivity contribution in [2.75, 3.05) is 0 Å². The molecule has 0 amide bonds. The molecule has 0 saturated heterocycles. The summed E-state index contributed by atoms with van der Waals surface area (Å²) < 4.78 is 6.02. The molecule has 1 fully saturated rings. The Kier molecular flexibility index (Phi) is 8.38. The van der Waals surface area contributed by atoms with Gasteiger partial charge in [0.25, 0.3) is 0 Å². The van der Waals surface area contributed by atoms with E-state index in [0.717, 1.165) is 17.9 Å². The van der Waals surface area contributed by atoms with E-state index in [1.807, 2.05) is 24.3 Å². The van der Waals surface area contributed by atoms with Crippen molar-refractivity contribution in [2.45, 2.75) is 51.3 Å². The molecule has 1 aliphatic carbocycles. The van der Waals surface area contributed by atoms with Crippen molar-refractivity contribution < 1.29 is 4.74 Å². The summed E-state index contributed by atoms with van der Waals surface area (Å²) in [5, 5.41) is 4.95. The highest BCUT2D eigenvalue weighted by molar-refractivity contribution is 6.35. The van der Waals surface area contributed by atoms with Gasteiger partial charge in [0.2, 0.25) is 0 Å². The largest absolute Gasteiger partial charge is 0.489 e. The molecule has 2 nitrogen and oxygen atoms in total. The summed E-state index contributed by atoms with van der Waals surface area (Å²) in [6.07, 6.45) is 6.61. The molecular weight excluding hydrogens is 377 g/mol. The first-order valence-electron chi connectivity index (χ1n) is 8.60. The van der Waals surface area contributed by atoms with E-state index in [-0.39, 0.29) is 12.4 Å². The van der Waals surface area contributed by atoms with Gasteiger partial charge in [-0.1, -0.05) is 66.7 Å². The summed E-state index contributed by atoms with van der Waals surface area (Å²) in [6, 6.07) is 14.3. The van der Waals surface area contributed by atoms with Crippen LogP contribution in [0.3, 0.4) is 0 Å². The third kappa shape index (κ3) is 6.07. The zero-order chi connectivity index (χ0) is 16.8. The predicted octanol–water partition coefficient (Wildman–Crippen LogP) is 6.42. The summed E-state index contributed by atoms with van der Waals surface area (Å²) in [7, 11) is 0. The highest BCUT2D eigenvalue weighted by Crippen LogP contribution is 2.25. The lowest BCUT2D eigenvalue weighted by Gasteiger charge is -2.23. The predicted molar refractivity (Wildman–Crippen MR) is 108 cm³/mol. The van der Waals surface area contributed by atoms with Gasteiger partial charge in [0, 0.05) is 33.8 Å². The van der Waals surface area contributed by atoms with Gasteiger partial charge in [-0.2, -0.15) is 0 Å². The van der Waals surface area contributed by atoms with E-state index in [4.69, 9.17) is 27.9 Å². The van der Waals surface area contributed by atoms with Crippen molar-refractivity contribution in [1.82, 2.24) is 5.32 Å². The van der Waals surface area contributed by atoms with E-state index in [9.17, 15) is 0 Å². The number of para-hydroxylation sites is 1. The molecule has 1 aliphatic rings. The zero-order valence-corrected chi connectivity index (χ0v) is 16.5. The summed E-state index contributed by atoms with van der Waals surface area (Å²) in [4.78, 5) is 0. The van der Waals surface area contributed by atoms with Crippen LogP contribution in [0.2, 0.25) is 10.0 Å². The molecule has 0 unspecified atom stereocenters. The fourth-order valence-corrected chi connectivity index (χ4v) is 3.61. The van der Waals surface area contributed by atoms with Crippen LogP contribution >= 0.6 is 35.6 Å². The van der Waals surface area contributed by atoms with Crippen LogP contribution in [-0.2, 0) is 13.2 Å². The molecule has 1 N–H and O–H groups in total. The van der Waals surface area contributed by atoms with E-state index in [2.05, 4.69) is 17.4 Å². The van der Waals surface area contributed by atoms with Crippen LogP contribution in [0.4, 0.5) is 0 Å². The van der Waals surface area contributed by atoms with Crippen molar-refractivity contribution in [2.24, 2.45) is 0 Å². The van der Waals surface area contributed by atoms with Crippen molar-refractivity contribution in [3.05, 3.63) is 63.6 Å². The number of rotatable bonds is 6. The summed E-state index contributed by atoms with van der Waals surface area (Å²) >= 11 is 12.2. The molecule has 0 atom stereocenters. The minimum Gasteiger partial charge on any atom is -0.489 e. The van der Waals surface area contributed by atoms with E-state index < -0.39 is 0 Å². The molecule has 25 heavy (non-hydrogen) atoms. The molecule has 2 aromatic rings. The lowest BCUT2D eigenvalue weighted by atomic mass is 9.95. The lowest BCUT2D eigenvalue weighted by molar-refractivity contribution is 0.300. The minimum atomic E-state index is 0. The normalized spacial score (nSPS) is 14.8. The first-order valence-corrected chi connectivity index (χ1v) is 9.36. The van der Waals surface area contributed by atoms with Gasteiger partial charge in [-0.25, -0.2) is 0 Å². The topological polar surface area (TPSA) is 21.3 Å². The van der Waals surface area contributed by atoms with Gasteiger partial charge in [0.15, 0.2) is 0 Å². The number of hydrogen-bond acceptors (Lipinski definition) is 2. The van der Waals surface area contributed by atoms with Crippen LogP contribution in [0.1, 0.15) is 43.2 Å². The van der Waals surface area contributed by atoms with Gasteiger partial charge in [0.05, 0.1) is 0 Å². The van der Waals surface area contributed by atoms with Crippen LogP contribution in [0.5, 0.6) is 5.75 Å². The molecule has 0 aliphatic heterocycles. The van der Waals surface area contributed by atoms with Gasteiger partial charge >= 0.3 is 0 Å². The van der Waals surface area contributed by atoms with Crippen molar-refractivity contribution in [3.63, 3.8) is 0 Å². The average molecular weight is 401 g/mol. The van der Waals surface area contributed by atoms with E-state index in [1.54, 1.807) is 6.07 Å². The maximum atomic E-state index is 6.22. The number of hydrogen-bond donors (Lipinski definition) is 1. The molecule has 136 valence electrons. The SMILES string of the molecule is Cl.Clc1ccc(COc2ccccc2CNC2CCCCC2)c(Cl)c1. The molecule has 0 radical (unpaired) electrons. The fraction of sp³-hybridized carbons (Fsp3) is 0.400. The van der Waals surface area contributed by atoms with Crippen LogP contribution in [0, 0.1) is 0 Å². The zero-order valence-electron chi connectivity index (χ0n) is 14.1. The summed E-state index contributed by atoms with van der Waals surface area (Å²) in [5.41, 5.74) is 2.13. The number of nitrogens with one attached hydrogen (secondary N) is 1. The Morgan fingerprint density at radius 2 is 1.72 bits per heavy atom. The Labute approximate surface area is 166 Å². The molecule has 0 heterocycles. The third-order valence-electron chi connectivity index (χ3n) is 4.56. The van der Waals surface area contributed by atoms with E-state index >= 15 is 0 Å². The smallest absolute Gasteiger partial charge is 0.124 e. The van der Waals surface area contributed by atoms with Crippen LogP contribution < -0.4 is 10.1 Å². The molecule has 0 aromatic heterocycles. The molecule has 0 bridgehead atoms. The van der Waals surface area contributed by atoms with Crippen molar-refractivity contribution >= 4 is 35.6 Å². The second-order valence-corrected chi connectivity index (χ2v) is 7.19. The second-order valence-electron chi connectivity index (χ2n) is 6.35. The quantitative estimate of drug-likeness (QED) is 0.604. The van der Waals surface area contributed by atoms with E-state index in [1.165, 1.54) is 37.7 Å². The Hall–Kier alpha value is -0.930. The second kappa shape index (κ2) is 10.3. The van der Waals surface area contributed by atoms with Crippen LogP contribution in [-0.4, -0.2) is 6.04 Å². The van der Waals surface area contributed by atoms with Crippen LogP contribution in [0.25, 0.3) is 0 Å². The monoisotopic (exact) mass is 399 g/mol. The minimum absolute atomic E-state index is 0. The van der Waals surface area contributed by atoms with Gasteiger partial charge < -0.3 is 10.1 Å². The molecule has 1 saturated carbocycles. The lowest BCUT2D eigenvalue weighted by Crippen LogP contribution is -2.30. The number of halogens is 3. The fourth-order valence-electron chi connectivity index (χ4n) is 3.15. The number of benzene rings is 2. The Bertz CT molecular complexity index is 672. The first-order chi connectivity index (χ1) is 11.7. The molecule has 0 spiro atoms. The maximum Gasteiger partial charge on any atom is 0.124 e. The van der Waals surface area contributed by atoms with Gasteiger partial charge in [-0.3, -0.25) is 0 Å². The van der Waals surface area contributed by atoms with Crippen molar-refractivity contribution in [1.29, 1.82) is 0 Å². The van der Waals surface area contributed by atoms with Gasteiger partial charge in [-0.15, -0.1) is 12.4 Å². The van der Waals surface area contributed by atoms with Gasteiger partial charge in [-0.05, 0) is 31.0 Å². The average Bonchev–Trinajstić information content (AvgIpc) is 2.61. The highest BCUT2D eigenvalue weighted by Gasteiger charge is 2.13. The summed E-state index contributed by atoms with van der Waals surface area (Å²) in [5.74, 6) is 0.909. The maximum absolute atomic E-state index is 6.22. The van der Waals surface area contributed by atoms with Crippen molar-refractivity contribution in [3.8, 4) is 5.75 Å². The Morgan fingerprint density at radius 1 is 0.960 bits per heavy atom. The third-order valence-corrected chi connectivity index (χ3v) is 5.14. The summed E-state index contributed by atoms with van der Waals surface area (Å²) in [6.45, 7) is 1.28. The first kappa shape index (κ1) is 20.4. The standard InChI is InChI=1S/C20H23Cl2NO.ClH/c21-17-11-10-16(19(22)12-17)14-24-20-9-5-4-6-15(20)13-23-18-7-2-1-3-8-18;/h4-6,9-12,18,23H,1-3,7-8,13-14H2;1H. The molecule has 3 rings (SSSR count). The van der Waals surface area contributed by atoms with Crippen LogP contribution in [0.15, 0.2) is 42.5 Å². The highest BCUT2D eigenvalue weighted by atomic mass is 35.5. The van der Waals surface area contributed by atoms with E-state index in [0.29, 0.717) is 22.7 Å². The molecule has 2 aromatic carbocycles. The molecular formula is C20H24Cl3NO. The number of ether oxygens (including phenoxy) is 1. The molecule has 5 heteroatoms. The Morgan fingerprint density at radius 3 is 2.48 bits per heavy atom.